The molecule has 0 saturated heterocycles. The number of aryl methyl sites for hydroxylation is 1. The van der Waals surface area contributed by atoms with Crippen molar-refractivity contribution in [2.24, 2.45) is 0 Å². The smallest absolute Gasteiger partial charge is 0.219 e. The lowest BCUT2D eigenvalue weighted by atomic mass is 10.0. The number of pyridine rings is 1. The molecule has 0 aliphatic carbocycles. The zero-order valence-corrected chi connectivity index (χ0v) is 13.0. The highest BCUT2D eigenvalue weighted by Gasteiger charge is 2.06. The minimum Gasteiger partial charge on any atom is -0.439 e. The van der Waals surface area contributed by atoms with Gasteiger partial charge in [-0.15, -0.1) is 0 Å². The van der Waals surface area contributed by atoms with Crippen molar-refractivity contribution in [1.82, 2.24) is 4.98 Å². The molecule has 0 amide bonds. The summed E-state index contributed by atoms with van der Waals surface area (Å²) in [5.41, 5.74) is 3.03. The number of aliphatic hydroxyl groups excluding tert-OH is 1. The van der Waals surface area contributed by atoms with Gasteiger partial charge in [0.1, 0.15) is 5.75 Å². The zero-order chi connectivity index (χ0) is 15.2. The maximum Gasteiger partial charge on any atom is 0.219 e. The molecule has 0 fully saturated rings. The summed E-state index contributed by atoms with van der Waals surface area (Å²) in [5, 5.41) is 9.35. The van der Waals surface area contributed by atoms with Crippen LogP contribution in [0.3, 0.4) is 0 Å². The van der Waals surface area contributed by atoms with Crippen LogP contribution in [0.15, 0.2) is 36.4 Å². The molecule has 1 heterocycles. The average Bonchev–Trinajstić information content (AvgIpc) is 2.47. The van der Waals surface area contributed by atoms with Gasteiger partial charge in [0.15, 0.2) is 0 Å². The van der Waals surface area contributed by atoms with Crippen molar-refractivity contribution in [2.75, 3.05) is 0 Å². The standard InChI is InChI=1S/C18H23NO2/c1-4-6-16-9-14(12-20)10-18(19-16)21-17-8-5-7-15(11-17)13(2)3/h5,7-11,13,20H,4,6,12H2,1-3H3. The van der Waals surface area contributed by atoms with Gasteiger partial charge < -0.3 is 9.84 Å². The molecule has 0 radical (unpaired) electrons. The molecule has 3 heteroatoms. The molecule has 0 bridgehead atoms. The van der Waals surface area contributed by atoms with E-state index in [1.807, 2.05) is 24.3 Å². The summed E-state index contributed by atoms with van der Waals surface area (Å²) in [6, 6.07) is 11.8. The molecular weight excluding hydrogens is 262 g/mol. The van der Waals surface area contributed by atoms with Gasteiger partial charge in [-0.2, -0.15) is 0 Å². The van der Waals surface area contributed by atoms with Crippen molar-refractivity contribution in [2.45, 2.75) is 46.1 Å². The van der Waals surface area contributed by atoms with Gasteiger partial charge in [-0.1, -0.05) is 39.3 Å². The lowest BCUT2D eigenvalue weighted by molar-refractivity contribution is 0.280. The van der Waals surface area contributed by atoms with Crippen molar-refractivity contribution in [3.63, 3.8) is 0 Å². The molecule has 2 aromatic rings. The summed E-state index contributed by atoms with van der Waals surface area (Å²) >= 11 is 0. The maximum atomic E-state index is 9.35. The Morgan fingerprint density at radius 3 is 2.67 bits per heavy atom. The fourth-order valence-electron chi connectivity index (χ4n) is 2.21. The lowest BCUT2D eigenvalue weighted by Gasteiger charge is -2.11. The van der Waals surface area contributed by atoms with E-state index in [0.29, 0.717) is 11.8 Å². The monoisotopic (exact) mass is 285 g/mol. The van der Waals surface area contributed by atoms with E-state index in [1.165, 1.54) is 5.56 Å². The molecule has 1 aromatic carbocycles. The maximum absolute atomic E-state index is 9.35. The molecule has 0 unspecified atom stereocenters. The number of hydrogen-bond donors (Lipinski definition) is 1. The molecule has 1 N–H and O–H groups in total. The summed E-state index contributed by atoms with van der Waals surface area (Å²) in [6.45, 7) is 6.42. The van der Waals surface area contributed by atoms with E-state index in [-0.39, 0.29) is 6.61 Å². The Morgan fingerprint density at radius 2 is 2.00 bits per heavy atom. The van der Waals surface area contributed by atoms with Gasteiger partial charge in [0, 0.05) is 11.8 Å². The molecule has 0 saturated carbocycles. The first-order valence-electron chi connectivity index (χ1n) is 7.51. The van der Waals surface area contributed by atoms with Crippen molar-refractivity contribution in [3.05, 3.63) is 53.2 Å². The van der Waals surface area contributed by atoms with Gasteiger partial charge >= 0.3 is 0 Å². The van der Waals surface area contributed by atoms with Gasteiger partial charge in [0.2, 0.25) is 5.88 Å². The summed E-state index contributed by atoms with van der Waals surface area (Å²) in [6.07, 6.45) is 1.90. The Balaban J connectivity index is 2.25. The van der Waals surface area contributed by atoms with Crippen LogP contribution in [0, 0.1) is 0 Å². The molecule has 112 valence electrons. The molecule has 0 spiro atoms. The number of rotatable bonds is 6. The Morgan fingerprint density at radius 1 is 1.19 bits per heavy atom. The van der Waals surface area contributed by atoms with Crippen LogP contribution in [0.4, 0.5) is 0 Å². The fraction of sp³-hybridized carbons (Fsp3) is 0.389. The Labute approximate surface area is 126 Å². The van der Waals surface area contributed by atoms with E-state index in [9.17, 15) is 5.11 Å². The Kier molecular flexibility index (Phi) is 5.34. The van der Waals surface area contributed by atoms with E-state index in [0.717, 1.165) is 29.8 Å². The second kappa shape index (κ2) is 7.23. The second-order valence-corrected chi connectivity index (χ2v) is 5.54. The zero-order valence-electron chi connectivity index (χ0n) is 13.0. The molecule has 21 heavy (non-hydrogen) atoms. The number of nitrogens with zero attached hydrogens (tertiary/aromatic N) is 1. The topological polar surface area (TPSA) is 42.4 Å². The van der Waals surface area contributed by atoms with E-state index in [2.05, 4.69) is 31.8 Å². The van der Waals surface area contributed by atoms with Crippen LogP contribution < -0.4 is 4.74 Å². The number of hydrogen-bond acceptors (Lipinski definition) is 3. The average molecular weight is 285 g/mol. The van der Waals surface area contributed by atoms with Gasteiger partial charge in [-0.3, -0.25) is 0 Å². The first-order chi connectivity index (χ1) is 10.1. The van der Waals surface area contributed by atoms with Crippen LogP contribution in [-0.2, 0) is 13.0 Å². The second-order valence-electron chi connectivity index (χ2n) is 5.54. The van der Waals surface area contributed by atoms with Crippen molar-refractivity contribution in [3.8, 4) is 11.6 Å². The molecule has 0 aliphatic heterocycles. The lowest BCUT2D eigenvalue weighted by Crippen LogP contribution is -1.97. The molecule has 0 atom stereocenters. The van der Waals surface area contributed by atoms with Crippen LogP contribution in [0.1, 0.15) is 49.9 Å². The van der Waals surface area contributed by atoms with Gasteiger partial charge in [-0.25, -0.2) is 4.98 Å². The predicted octanol–water partition coefficient (Wildman–Crippen LogP) is 4.44. The minimum absolute atomic E-state index is 0.00162. The third-order valence-electron chi connectivity index (χ3n) is 3.35. The number of aromatic nitrogens is 1. The number of benzene rings is 1. The van der Waals surface area contributed by atoms with Crippen LogP contribution >= 0.6 is 0 Å². The van der Waals surface area contributed by atoms with Crippen molar-refractivity contribution >= 4 is 0 Å². The van der Waals surface area contributed by atoms with Gasteiger partial charge in [0.25, 0.3) is 0 Å². The van der Waals surface area contributed by atoms with E-state index < -0.39 is 0 Å². The Hall–Kier alpha value is -1.87. The SMILES string of the molecule is CCCc1cc(CO)cc(Oc2cccc(C(C)C)c2)n1. The normalized spacial score (nSPS) is 10.9. The predicted molar refractivity (Wildman–Crippen MR) is 84.8 cm³/mol. The highest BCUT2D eigenvalue weighted by molar-refractivity contribution is 5.34. The largest absolute Gasteiger partial charge is 0.439 e. The fourth-order valence-corrected chi connectivity index (χ4v) is 2.21. The van der Waals surface area contributed by atoms with Crippen LogP contribution in [0.2, 0.25) is 0 Å². The molecule has 1 aromatic heterocycles. The highest BCUT2D eigenvalue weighted by atomic mass is 16.5. The van der Waals surface area contributed by atoms with Gasteiger partial charge in [0.05, 0.1) is 6.61 Å². The Bertz CT molecular complexity index is 594. The van der Waals surface area contributed by atoms with Crippen LogP contribution in [-0.4, -0.2) is 10.1 Å². The molecule has 2 rings (SSSR count). The summed E-state index contributed by atoms with van der Waals surface area (Å²) in [7, 11) is 0. The molecule has 3 nitrogen and oxygen atoms in total. The first-order valence-corrected chi connectivity index (χ1v) is 7.51. The molecular formula is C18H23NO2. The number of ether oxygens (including phenoxy) is 1. The quantitative estimate of drug-likeness (QED) is 0.853. The van der Waals surface area contributed by atoms with Crippen LogP contribution in [0.25, 0.3) is 0 Å². The summed E-state index contributed by atoms with van der Waals surface area (Å²) < 4.78 is 5.88. The van der Waals surface area contributed by atoms with E-state index >= 15 is 0 Å². The van der Waals surface area contributed by atoms with E-state index in [4.69, 9.17) is 4.74 Å². The van der Waals surface area contributed by atoms with Gasteiger partial charge in [-0.05, 0) is 41.7 Å². The van der Waals surface area contributed by atoms with Crippen molar-refractivity contribution < 1.29 is 9.84 Å². The van der Waals surface area contributed by atoms with E-state index in [1.54, 1.807) is 6.07 Å². The first kappa shape index (κ1) is 15.5. The third-order valence-corrected chi connectivity index (χ3v) is 3.35. The number of aliphatic hydroxyl groups is 1. The van der Waals surface area contributed by atoms with Crippen LogP contribution in [0.5, 0.6) is 11.6 Å². The summed E-state index contributed by atoms with van der Waals surface area (Å²) in [5.74, 6) is 1.79. The highest BCUT2D eigenvalue weighted by Crippen LogP contribution is 2.25. The third kappa shape index (κ3) is 4.30. The van der Waals surface area contributed by atoms with Crippen molar-refractivity contribution in [1.29, 1.82) is 0 Å². The summed E-state index contributed by atoms with van der Waals surface area (Å²) in [4.78, 5) is 4.51. The molecule has 0 aliphatic rings. The minimum atomic E-state index is 0.00162.